The molecule has 2 heterocycles. The lowest BCUT2D eigenvalue weighted by molar-refractivity contribution is -0.142. The highest BCUT2D eigenvalue weighted by molar-refractivity contribution is 6.08. The smallest absolute Gasteiger partial charge is 0.327 e. The number of likely N-dealkylation sites (tertiary alicyclic amines) is 1. The van der Waals surface area contributed by atoms with Crippen LogP contribution in [0.4, 0.5) is 4.79 Å². The molecule has 3 rings (SSSR count). The van der Waals surface area contributed by atoms with Gasteiger partial charge in [0, 0.05) is 26.2 Å². The van der Waals surface area contributed by atoms with E-state index in [1.165, 1.54) is 0 Å². The summed E-state index contributed by atoms with van der Waals surface area (Å²) in [4.78, 5) is 42.8. The Kier molecular flexibility index (Phi) is 5.93. The Morgan fingerprint density at radius 3 is 2.38 bits per heavy atom. The first-order valence-corrected chi connectivity index (χ1v) is 9.32. The summed E-state index contributed by atoms with van der Waals surface area (Å²) in [5.74, 6) is -0.357. The summed E-state index contributed by atoms with van der Waals surface area (Å²) in [6.45, 7) is 5.09. The molecule has 0 aromatic rings. The van der Waals surface area contributed by atoms with Crippen LogP contribution in [0.3, 0.4) is 0 Å². The van der Waals surface area contributed by atoms with Crippen molar-refractivity contribution in [2.45, 2.75) is 64.0 Å². The fourth-order valence-electron chi connectivity index (χ4n) is 4.49. The Bertz CT molecular complexity index is 589. The highest BCUT2D eigenvalue weighted by Crippen LogP contribution is 2.39. The number of likely N-dealkylation sites (N-methyl/N-ethyl adjacent to an activating group) is 1. The van der Waals surface area contributed by atoms with E-state index < -0.39 is 5.54 Å². The van der Waals surface area contributed by atoms with Crippen molar-refractivity contribution >= 4 is 30.3 Å². The van der Waals surface area contributed by atoms with Gasteiger partial charge in [0.05, 0.1) is 0 Å². The molecular formula is C18H31ClN4O3. The Labute approximate surface area is 161 Å². The molecule has 1 aliphatic carbocycles. The summed E-state index contributed by atoms with van der Waals surface area (Å²) in [5, 5.41) is 0. The number of rotatable bonds is 2. The van der Waals surface area contributed by atoms with E-state index in [2.05, 4.69) is 0 Å². The topological polar surface area (TPSA) is 87.0 Å². The van der Waals surface area contributed by atoms with Gasteiger partial charge in [0.15, 0.2) is 0 Å². The minimum absolute atomic E-state index is 0. The van der Waals surface area contributed by atoms with Gasteiger partial charge in [-0.3, -0.25) is 14.5 Å². The summed E-state index contributed by atoms with van der Waals surface area (Å²) in [6.07, 6.45) is 5.13. The van der Waals surface area contributed by atoms with Crippen LogP contribution in [0.1, 0.15) is 52.4 Å². The third-order valence-corrected chi connectivity index (χ3v) is 6.44. The van der Waals surface area contributed by atoms with Crippen molar-refractivity contribution in [3.63, 3.8) is 0 Å². The Morgan fingerprint density at radius 1 is 1.19 bits per heavy atom. The maximum Gasteiger partial charge on any atom is 0.327 e. The molecule has 8 heteroatoms. The van der Waals surface area contributed by atoms with Gasteiger partial charge in [0.2, 0.25) is 5.91 Å². The van der Waals surface area contributed by atoms with E-state index >= 15 is 0 Å². The van der Waals surface area contributed by atoms with Crippen molar-refractivity contribution in [1.82, 2.24) is 14.7 Å². The SMILES string of the molecule is CN1C(=O)N(CC(=O)N2CCC(N)C(C)(C)C2)C(=O)C12CCCCC2.Cl. The van der Waals surface area contributed by atoms with E-state index in [1.807, 2.05) is 13.8 Å². The fourth-order valence-corrected chi connectivity index (χ4v) is 4.49. The van der Waals surface area contributed by atoms with Gasteiger partial charge in [-0.1, -0.05) is 33.1 Å². The zero-order chi connectivity index (χ0) is 18.4. The average Bonchev–Trinajstić information content (AvgIpc) is 2.74. The molecule has 4 amide bonds. The van der Waals surface area contributed by atoms with E-state index in [1.54, 1.807) is 16.8 Å². The number of amides is 4. The second-order valence-corrected chi connectivity index (χ2v) is 8.52. The fraction of sp³-hybridized carbons (Fsp3) is 0.833. The van der Waals surface area contributed by atoms with Crippen molar-refractivity contribution in [3.05, 3.63) is 0 Å². The summed E-state index contributed by atoms with van der Waals surface area (Å²) in [5.41, 5.74) is 5.25. The van der Waals surface area contributed by atoms with Gasteiger partial charge in [0.25, 0.3) is 5.91 Å². The first-order chi connectivity index (χ1) is 11.7. The third kappa shape index (κ3) is 3.31. The van der Waals surface area contributed by atoms with E-state index in [4.69, 9.17) is 5.73 Å². The molecule has 26 heavy (non-hydrogen) atoms. The molecule has 0 aromatic carbocycles. The van der Waals surface area contributed by atoms with Crippen molar-refractivity contribution in [2.75, 3.05) is 26.7 Å². The predicted octanol–water partition coefficient (Wildman–Crippen LogP) is 1.59. The molecule has 2 N–H and O–H groups in total. The molecule has 2 saturated heterocycles. The van der Waals surface area contributed by atoms with Gasteiger partial charge in [-0.05, 0) is 24.7 Å². The molecule has 3 fully saturated rings. The van der Waals surface area contributed by atoms with E-state index in [9.17, 15) is 14.4 Å². The van der Waals surface area contributed by atoms with Crippen LogP contribution in [0.15, 0.2) is 0 Å². The Balaban J connectivity index is 0.00000243. The van der Waals surface area contributed by atoms with Crippen LogP contribution in [0.25, 0.3) is 0 Å². The second-order valence-electron chi connectivity index (χ2n) is 8.52. The lowest BCUT2D eigenvalue weighted by atomic mass is 9.79. The molecule has 7 nitrogen and oxygen atoms in total. The summed E-state index contributed by atoms with van der Waals surface area (Å²) >= 11 is 0. The molecule has 1 atom stereocenters. The van der Waals surface area contributed by atoms with Crippen molar-refractivity contribution in [2.24, 2.45) is 11.1 Å². The van der Waals surface area contributed by atoms with Crippen LogP contribution >= 0.6 is 12.4 Å². The minimum atomic E-state index is -0.723. The molecule has 1 unspecified atom stereocenters. The van der Waals surface area contributed by atoms with Crippen molar-refractivity contribution in [1.29, 1.82) is 0 Å². The largest absolute Gasteiger partial charge is 0.340 e. The maximum absolute atomic E-state index is 13.0. The number of hydrogen-bond donors (Lipinski definition) is 1. The number of hydrogen-bond acceptors (Lipinski definition) is 4. The molecule has 0 bridgehead atoms. The monoisotopic (exact) mass is 386 g/mol. The third-order valence-electron chi connectivity index (χ3n) is 6.44. The lowest BCUT2D eigenvalue weighted by Gasteiger charge is -2.42. The Morgan fingerprint density at radius 2 is 1.81 bits per heavy atom. The number of carbonyl (C=O) groups excluding carboxylic acids is 3. The highest BCUT2D eigenvalue weighted by atomic mass is 35.5. The molecule has 1 saturated carbocycles. The molecule has 1 spiro atoms. The minimum Gasteiger partial charge on any atom is -0.340 e. The van der Waals surface area contributed by atoms with Gasteiger partial charge in [-0.2, -0.15) is 0 Å². The lowest BCUT2D eigenvalue weighted by Crippen LogP contribution is -2.56. The normalized spacial score (nSPS) is 27.7. The summed E-state index contributed by atoms with van der Waals surface area (Å²) in [7, 11) is 1.69. The van der Waals surface area contributed by atoms with E-state index in [-0.39, 0.29) is 48.3 Å². The number of carbonyl (C=O) groups is 3. The van der Waals surface area contributed by atoms with Crippen LogP contribution in [0, 0.1) is 5.41 Å². The molecular weight excluding hydrogens is 356 g/mol. The van der Waals surface area contributed by atoms with Crippen LogP contribution in [0.2, 0.25) is 0 Å². The number of imide groups is 1. The number of nitrogens with two attached hydrogens (primary N) is 1. The molecule has 3 aliphatic rings. The van der Waals surface area contributed by atoms with E-state index in [0.717, 1.165) is 30.6 Å². The van der Waals surface area contributed by atoms with Gasteiger partial charge >= 0.3 is 6.03 Å². The van der Waals surface area contributed by atoms with Crippen LogP contribution in [-0.4, -0.2) is 70.8 Å². The van der Waals surface area contributed by atoms with Crippen molar-refractivity contribution < 1.29 is 14.4 Å². The molecule has 148 valence electrons. The zero-order valence-corrected chi connectivity index (χ0v) is 16.8. The Hall–Kier alpha value is -1.34. The average molecular weight is 387 g/mol. The second kappa shape index (κ2) is 7.35. The van der Waals surface area contributed by atoms with Crippen LogP contribution < -0.4 is 5.73 Å². The van der Waals surface area contributed by atoms with Gasteiger partial charge < -0.3 is 15.5 Å². The van der Waals surface area contributed by atoms with Crippen LogP contribution in [-0.2, 0) is 9.59 Å². The van der Waals surface area contributed by atoms with E-state index in [0.29, 0.717) is 25.9 Å². The summed E-state index contributed by atoms with van der Waals surface area (Å²) in [6, 6.07) is -0.281. The predicted molar refractivity (Wildman–Crippen MR) is 101 cm³/mol. The van der Waals surface area contributed by atoms with Gasteiger partial charge in [-0.25, -0.2) is 4.79 Å². The van der Waals surface area contributed by atoms with Crippen molar-refractivity contribution in [3.8, 4) is 0 Å². The highest BCUT2D eigenvalue weighted by Gasteiger charge is 2.56. The molecule has 2 aliphatic heterocycles. The zero-order valence-electron chi connectivity index (χ0n) is 16.0. The van der Waals surface area contributed by atoms with Gasteiger partial charge in [0.1, 0.15) is 12.1 Å². The molecule has 0 aromatic heterocycles. The number of nitrogens with zero attached hydrogens (tertiary/aromatic N) is 3. The van der Waals surface area contributed by atoms with Gasteiger partial charge in [-0.15, -0.1) is 12.4 Å². The number of halogens is 1. The molecule has 0 radical (unpaired) electrons. The summed E-state index contributed by atoms with van der Waals surface area (Å²) < 4.78 is 0. The quantitative estimate of drug-likeness (QED) is 0.730. The standard InChI is InChI=1S/C18H30N4O3.ClH/c1-17(2)12-21(10-7-13(17)19)14(23)11-22-15(24)18(20(3)16(22)25)8-5-4-6-9-18;/h13H,4-12,19H2,1-3H3;1H. The first kappa shape index (κ1) is 21.0. The maximum atomic E-state index is 13.0. The number of urea groups is 1. The first-order valence-electron chi connectivity index (χ1n) is 9.32. The number of piperidine rings is 1. The van der Waals surface area contributed by atoms with Crippen LogP contribution in [0.5, 0.6) is 0 Å².